The number of nitrogens with zero attached hydrogens (tertiary/aromatic N) is 1. The third-order valence-corrected chi connectivity index (χ3v) is 2.94. The number of ether oxygens (including phenoxy) is 2. The molecule has 2 N–H and O–H groups in total. The Morgan fingerprint density at radius 2 is 1.80 bits per heavy atom. The highest BCUT2D eigenvalue weighted by atomic mass is 127. The van der Waals surface area contributed by atoms with Crippen LogP contribution in [0.4, 0.5) is 13.2 Å². The van der Waals surface area contributed by atoms with Crippen LogP contribution in [0.25, 0.3) is 0 Å². The lowest BCUT2D eigenvalue weighted by Crippen LogP contribution is -2.38. The summed E-state index contributed by atoms with van der Waals surface area (Å²) in [7, 11) is 1.61. The van der Waals surface area contributed by atoms with E-state index in [2.05, 4.69) is 15.6 Å². The zero-order valence-electron chi connectivity index (χ0n) is 14.4. The fourth-order valence-corrected chi connectivity index (χ4v) is 1.77. The first-order chi connectivity index (χ1) is 11.4. The van der Waals surface area contributed by atoms with Crippen molar-refractivity contribution in [3.63, 3.8) is 0 Å². The third kappa shape index (κ3) is 11.9. The van der Waals surface area contributed by atoms with E-state index < -0.39 is 12.6 Å². The van der Waals surface area contributed by atoms with Gasteiger partial charge in [0.25, 0.3) is 0 Å². The lowest BCUT2D eigenvalue weighted by molar-refractivity contribution is -0.132. The van der Waals surface area contributed by atoms with Crippen LogP contribution >= 0.6 is 24.0 Å². The minimum Gasteiger partial charge on any atom is -0.491 e. The van der Waals surface area contributed by atoms with Gasteiger partial charge in [-0.15, -0.1) is 24.0 Å². The van der Waals surface area contributed by atoms with E-state index in [4.69, 9.17) is 9.47 Å². The maximum atomic E-state index is 12.2. The summed E-state index contributed by atoms with van der Waals surface area (Å²) in [5, 5.41) is 5.59. The minimum absolute atomic E-state index is 0. The standard InChI is InChI=1S/C16H24F3N3O2.HI/c1-3-20-15(21-9-8-16(17,18)19)22-12-13-4-6-14(7-5-13)24-11-10-23-2;/h4-7H,3,8-12H2,1-2H3,(H2,20,21,22);1H. The molecule has 0 aliphatic carbocycles. The Balaban J connectivity index is 0.00000576. The van der Waals surface area contributed by atoms with E-state index in [0.29, 0.717) is 32.3 Å². The molecule has 0 aromatic heterocycles. The number of aliphatic imine (C=N–C) groups is 1. The highest BCUT2D eigenvalue weighted by Crippen LogP contribution is 2.18. The minimum atomic E-state index is -4.18. The van der Waals surface area contributed by atoms with Crippen molar-refractivity contribution in [3.05, 3.63) is 29.8 Å². The molecule has 0 aliphatic rings. The molecule has 0 atom stereocenters. The molecule has 0 aliphatic heterocycles. The molecule has 5 nitrogen and oxygen atoms in total. The summed E-state index contributed by atoms with van der Waals surface area (Å²) in [6.07, 6.45) is -5.08. The first-order valence-electron chi connectivity index (χ1n) is 7.74. The Morgan fingerprint density at radius 3 is 2.36 bits per heavy atom. The van der Waals surface area contributed by atoms with Gasteiger partial charge in [0.2, 0.25) is 0 Å². The van der Waals surface area contributed by atoms with E-state index in [1.54, 1.807) is 7.11 Å². The lowest BCUT2D eigenvalue weighted by Gasteiger charge is -2.12. The van der Waals surface area contributed by atoms with Crippen molar-refractivity contribution in [2.45, 2.75) is 26.1 Å². The second-order valence-electron chi connectivity index (χ2n) is 4.97. The summed E-state index contributed by atoms with van der Waals surface area (Å²) < 4.78 is 46.9. The van der Waals surface area contributed by atoms with Gasteiger partial charge in [-0.05, 0) is 24.6 Å². The Labute approximate surface area is 163 Å². The van der Waals surface area contributed by atoms with Gasteiger partial charge in [0.05, 0.1) is 19.6 Å². The first-order valence-corrected chi connectivity index (χ1v) is 7.74. The van der Waals surface area contributed by atoms with E-state index in [1.807, 2.05) is 31.2 Å². The van der Waals surface area contributed by atoms with Gasteiger partial charge >= 0.3 is 6.18 Å². The van der Waals surface area contributed by atoms with Gasteiger partial charge in [-0.3, -0.25) is 0 Å². The second-order valence-corrected chi connectivity index (χ2v) is 4.97. The molecule has 1 rings (SSSR count). The van der Waals surface area contributed by atoms with Crippen LogP contribution in [-0.4, -0.2) is 45.5 Å². The number of halogens is 4. The van der Waals surface area contributed by atoms with E-state index in [-0.39, 0.29) is 30.5 Å². The number of guanidine groups is 1. The fourth-order valence-electron chi connectivity index (χ4n) is 1.77. The van der Waals surface area contributed by atoms with Crippen molar-refractivity contribution >= 4 is 29.9 Å². The molecule has 0 saturated heterocycles. The molecule has 1 aromatic carbocycles. The number of hydrogen-bond acceptors (Lipinski definition) is 3. The number of rotatable bonds is 9. The van der Waals surface area contributed by atoms with Gasteiger partial charge in [0, 0.05) is 20.2 Å². The number of alkyl halides is 3. The maximum Gasteiger partial charge on any atom is 0.390 e. The van der Waals surface area contributed by atoms with Gasteiger partial charge in [-0.1, -0.05) is 12.1 Å². The van der Waals surface area contributed by atoms with Crippen molar-refractivity contribution in [3.8, 4) is 5.75 Å². The molecule has 0 heterocycles. The van der Waals surface area contributed by atoms with E-state index >= 15 is 0 Å². The molecule has 0 saturated carbocycles. The molecule has 0 bridgehead atoms. The van der Waals surface area contributed by atoms with E-state index in [9.17, 15) is 13.2 Å². The SMILES string of the molecule is CCNC(=NCc1ccc(OCCOC)cc1)NCCC(F)(F)F.I. The lowest BCUT2D eigenvalue weighted by atomic mass is 10.2. The van der Waals surface area contributed by atoms with Crippen LogP contribution in [0, 0.1) is 0 Å². The predicted octanol–water partition coefficient (Wildman–Crippen LogP) is 3.34. The molecule has 0 radical (unpaired) electrons. The van der Waals surface area contributed by atoms with E-state index in [1.165, 1.54) is 0 Å². The number of nitrogens with one attached hydrogen (secondary N) is 2. The van der Waals surface area contributed by atoms with Crippen LogP contribution < -0.4 is 15.4 Å². The van der Waals surface area contributed by atoms with Gasteiger partial charge in [-0.2, -0.15) is 13.2 Å². The van der Waals surface area contributed by atoms with Gasteiger partial charge in [-0.25, -0.2) is 4.99 Å². The van der Waals surface area contributed by atoms with Crippen molar-refractivity contribution in [1.29, 1.82) is 0 Å². The number of methoxy groups -OCH3 is 1. The Kier molecular flexibility index (Phi) is 12.4. The maximum absolute atomic E-state index is 12.2. The largest absolute Gasteiger partial charge is 0.491 e. The van der Waals surface area contributed by atoms with E-state index in [0.717, 1.165) is 11.3 Å². The first kappa shape index (κ1) is 23.8. The Bertz CT molecular complexity index is 496. The van der Waals surface area contributed by atoms with Crippen LogP contribution in [0.5, 0.6) is 5.75 Å². The predicted molar refractivity (Wildman–Crippen MR) is 103 cm³/mol. The molecule has 1 aromatic rings. The smallest absolute Gasteiger partial charge is 0.390 e. The van der Waals surface area contributed by atoms with Gasteiger partial charge in [0.15, 0.2) is 5.96 Å². The zero-order valence-corrected chi connectivity index (χ0v) is 16.7. The van der Waals surface area contributed by atoms with Crippen molar-refractivity contribution in [2.75, 3.05) is 33.4 Å². The third-order valence-electron chi connectivity index (χ3n) is 2.94. The molecule has 25 heavy (non-hydrogen) atoms. The summed E-state index contributed by atoms with van der Waals surface area (Å²) in [5.41, 5.74) is 0.933. The summed E-state index contributed by atoms with van der Waals surface area (Å²) in [6, 6.07) is 7.38. The van der Waals surface area contributed by atoms with Crippen molar-refractivity contribution in [1.82, 2.24) is 10.6 Å². The highest BCUT2D eigenvalue weighted by molar-refractivity contribution is 14.0. The molecule has 0 amide bonds. The van der Waals surface area contributed by atoms with Gasteiger partial charge < -0.3 is 20.1 Å². The summed E-state index contributed by atoms with van der Waals surface area (Å²) in [4.78, 5) is 4.27. The number of hydrogen-bond donors (Lipinski definition) is 2. The molecule has 9 heteroatoms. The van der Waals surface area contributed by atoms with Gasteiger partial charge in [0.1, 0.15) is 12.4 Å². The number of benzene rings is 1. The van der Waals surface area contributed by atoms with Crippen LogP contribution in [0.2, 0.25) is 0 Å². The average molecular weight is 475 g/mol. The highest BCUT2D eigenvalue weighted by Gasteiger charge is 2.26. The molecule has 0 fully saturated rings. The Morgan fingerprint density at radius 1 is 1.12 bits per heavy atom. The Hall–Kier alpha value is -1.23. The van der Waals surface area contributed by atoms with Crippen LogP contribution in [0.15, 0.2) is 29.3 Å². The summed E-state index contributed by atoms with van der Waals surface area (Å²) in [5.74, 6) is 1.09. The quantitative estimate of drug-likeness (QED) is 0.249. The molecule has 144 valence electrons. The normalized spacial score (nSPS) is 11.6. The van der Waals surface area contributed by atoms with Crippen molar-refractivity contribution in [2.24, 2.45) is 4.99 Å². The zero-order chi connectivity index (χ0) is 17.8. The van der Waals surface area contributed by atoms with Crippen LogP contribution in [0.3, 0.4) is 0 Å². The molecular weight excluding hydrogens is 450 g/mol. The average Bonchev–Trinajstić information content (AvgIpc) is 2.53. The van der Waals surface area contributed by atoms with Crippen molar-refractivity contribution < 1.29 is 22.6 Å². The summed E-state index contributed by atoms with van der Waals surface area (Å²) in [6.45, 7) is 3.57. The van der Waals surface area contributed by atoms with Crippen LogP contribution in [0.1, 0.15) is 18.9 Å². The fraction of sp³-hybridized carbons (Fsp3) is 0.562. The topological polar surface area (TPSA) is 54.9 Å². The monoisotopic (exact) mass is 475 g/mol. The van der Waals surface area contributed by atoms with Crippen LogP contribution in [-0.2, 0) is 11.3 Å². The summed E-state index contributed by atoms with van der Waals surface area (Å²) >= 11 is 0. The molecule has 0 spiro atoms. The molecule has 0 unspecified atom stereocenters. The molecular formula is C16H25F3IN3O2. The second kappa shape index (κ2) is 13.0.